The van der Waals surface area contributed by atoms with Gasteiger partial charge in [-0.15, -0.1) is 0 Å². The van der Waals surface area contributed by atoms with E-state index in [1.807, 2.05) is 26.0 Å². The highest BCUT2D eigenvalue weighted by atomic mass is 16.2. The van der Waals surface area contributed by atoms with E-state index in [9.17, 15) is 19.2 Å². The zero-order valence-electron chi connectivity index (χ0n) is 19.3. The third-order valence-electron chi connectivity index (χ3n) is 6.41. The summed E-state index contributed by atoms with van der Waals surface area (Å²) in [5.74, 6) is -1.44. The number of hydrogen-bond acceptors (Lipinski definition) is 4. The standard InChI is InChI=1S/C28H22N2O4/c1-15-9-21-13-25-26(14-22(21)10-16(15)2)28(34)30(27(25)33)24-8-6-19-11-23(7-5-20(19)12-24)29(17(3)31)18(4)32/h5-14H,1-4H3. The first kappa shape index (κ1) is 21.5. The number of carbonyl (C=O) groups excluding carboxylic acids is 4. The third-order valence-corrected chi connectivity index (χ3v) is 6.41. The summed E-state index contributed by atoms with van der Waals surface area (Å²) in [7, 11) is 0. The summed E-state index contributed by atoms with van der Waals surface area (Å²) in [5.41, 5.74) is 3.99. The van der Waals surface area contributed by atoms with Crippen molar-refractivity contribution in [1.82, 2.24) is 0 Å². The lowest BCUT2D eigenvalue weighted by atomic mass is 9.98. The van der Waals surface area contributed by atoms with E-state index in [0.717, 1.165) is 37.6 Å². The van der Waals surface area contributed by atoms with Gasteiger partial charge >= 0.3 is 0 Å². The maximum absolute atomic E-state index is 13.3. The zero-order valence-corrected chi connectivity index (χ0v) is 19.3. The second-order valence-corrected chi connectivity index (χ2v) is 8.72. The van der Waals surface area contributed by atoms with Crippen LogP contribution in [0.3, 0.4) is 0 Å². The number of fused-ring (bicyclic) bond motifs is 3. The largest absolute Gasteiger partial charge is 0.274 e. The molecule has 0 saturated heterocycles. The Labute approximate surface area is 196 Å². The minimum absolute atomic E-state index is 0.351. The van der Waals surface area contributed by atoms with E-state index in [4.69, 9.17) is 0 Å². The van der Waals surface area contributed by atoms with Gasteiger partial charge in [0.15, 0.2) is 0 Å². The van der Waals surface area contributed by atoms with E-state index < -0.39 is 0 Å². The average Bonchev–Trinajstić information content (AvgIpc) is 3.01. The van der Waals surface area contributed by atoms with Crippen LogP contribution in [0.25, 0.3) is 21.5 Å². The monoisotopic (exact) mass is 450 g/mol. The van der Waals surface area contributed by atoms with Gasteiger partial charge in [-0.25, -0.2) is 4.90 Å². The number of carbonyl (C=O) groups is 4. The van der Waals surface area contributed by atoms with Crippen molar-refractivity contribution in [1.29, 1.82) is 0 Å². The quantitative estimate of drug-likeness (QED) is 0.388. The van der Waals surface area contributed by atoms with Crippen LogP contribution in [-0.4, -0.2) is 23.6 Å². The Hall–Kier alpha value is -4.32. The molecule has 0 unspecified atom stereocenters. The Morgan fingerprint density at radius 3 is 1.68 bits per heavy atom. The second-order valence-electron chi connectivity index (χ2n) is 8.72. The number of amides is 4. The molecule has 5 rings (SSSR count). The first-order valence-electron chi connectivity index (χ1n) is 10.9. The second kappa shape index (κ2) is 7.63. The van der Waals surface area contributed by atoms with Crippen molar-refractivity contribution in [3.05, 3.63) is 82.9 Å². The molecule has 0 atom stereocenters. The zero-order chi connectivity index (χ0) is 24.3. The van der Waals surface area contributed by atoms with Crippen LogP contribution in [0.1, 0.15) is 45.7 Å². The van der Waals surface area contributed by atoms with Gasteiger partial charge in [-0.05, 0) is 82.9 Å². The van der Waals surface area contributed by atoms with Gasteiger partial charge in [0, 0.05) is 13.8 Å². The fraction of sp³-hybridized carbons (Fsp3) is 0.143. The van der Waals surface area contributed by atoms with E-state index >= 15 is 0 Å². The van der Waals surface area contributed by atoms with Crippen LogP contribution in [0.4, 0.5) is 11.4 Å². The highest BCUT2D eigenvalue weighted by molar-refractivity contribution is 6.35. The Kier molecular flexibility index (Phi) is 4.83. The van der Waals surface area contributed by atoms with Crippen molar-refractivity contribution in [2.24, 2.45) is 0 Å². The molecule has 0 saturated carbocycles. The maximum Gasteiger partial charge on any atom is 0.266 e. The van der Waals surface area contributed by atoms with E-state index in [-0.39, 0.29) is 23.6 Å². The maximum atomic E-state index is 13.3. The molecule has 6 nitrogen and oxygen atoms in total. The van der Waals surface area contributed by atoms with E-state index in [2.05, 4.69) is 0 Å². The van der Waals surface area contributed by atoms with E-state index in [1.54, 1.807) is 48.5 Å². The van der Waals surface area contributed by atoms with Gasteiger partial charge < -0.3 is 0 Å². The SMILES string of the molecule is CC(=O)N(C(C)=O)c1ccc2cc(N3C(=O)c4cc5cc(C)c(C)cc5cc4C3=O)ccc2c1. The van der Waals surface area contributed by atoms with Crippen LogP contribution in [0.15, 0.2) is 60.7 Å². The van der Waals surface area contributed by atoms with Crippen LogP contribution in [-0.2, 0) is 9.59 Å². The number of benzene rings is 4. The van der Waals surface area contributed by atoms with Crippen molar-refractivity contribution in [3.63, 3.8) is 0 Å². The molecule has 0 aliphatic carbocycles. The van der Waals surface area contributed by atoms with Crippen molar-refractivity contribution in [2.75, 3.05) is 9.80 Å². The summed E-state index contributed by atoms with van der Waals surface area (Å²) >= 11 is 0. The van der Waals surface area contributed by atoms with Gasteiger partial charge in [0.25, 0.3) is 11.8 Å². The number of nitrogens with zero attached hydrogens (tertiary/aromatic N) is 2. The molecule has 6 heteroatoms. The molecule has 4 aromatic carbocycles. The number of anilines is 2. The lowest BCUT2D eigenvalue weighted by molar-refractivity contribution is -0.124. The van der Waals surface area contributed by atoms with Crippen LogP contribution in [0, 0.1) is 13.8 Å². The molecule has 4 aromatic rings. The van der Waals surface area contributed by atoms with Gasteiger partial charge in [-0.2, -0.15) is 0 Å². The minimum atomic E-state index is -0.368. The van der Waals surface area contributed by atoms with Crippen LogP contribution < -0.4 is 9.80 Å². The van der Waals surface area contributed by atoms with E-state index in [1.165, 1.54) is 18.7 Å². The summed E-state index contributed by atoms with van der Waals surface area (Å²) in [6, 6.07) is 18.1. The first-order chi connectivity index (χ1) is 16.2. The lowest BCUT2D eigenvalue weighted by Gasteiger charge is -2.18. The summed E-state index contributed by atoms with van der Waals surface area (Å²) in [6.07, 6.45) is 0. The summed E-state index contributed by atoms with van der Waals surface area (Å²) in [5, 5.41) is 3.41. The summed E-state index contributed by atoms with van der Waals surface area (Å²) in [4.78, 5) is 52.6. The molecule has 0 radical (unpaired) electrons. The lowest BCUT2D eigenvalue weighted by Crippen LogP contribution is -2.32. The molecular formula is C28H22N2O4. The van der Waals surface area contributed by atoms with Crippen molar-refractivity contribution in [3.8, 4) is 0 Å². The van der Waals surface area contributed by atoms with Crippen molar-refractivity contribution < 1.29 is 19.2 Å². The minimum Gasteiger partial charge on any atom is -0.274 e. The number of rotatable bonds is 2. The third kappa shape index (κ3) is 3.27. The number of hydrogen-bond donors (Lipinski definition) is 0. The Morgan fingerprint density at radius 1 is 0.647 bits per heavy atom. The number of aryl methyl sites for hydroxylation is 2. The van der Waals surface area contributed by atoms with Crippen LogP contribution in [0.2, 0.25) is 0 Å². The van der Waals surface area contributed by atoms with Gasteiger partial charge in [-0.3, -0.25) is 24.1 Å². The Morgan fingerprint density at radius 2 is 1.15 bits per heavy atom. The Bertz CT molecular complexity index is 1510. The van der Waals surface area contributed by atoms with Crippen molar-refractivity contribution in [2.45, 2.75) is 27.7 Å². The Balaban J connectivity index is 1.56. The highest BCUT2D eigenvalue weighted by Gasteiger charge is 2.37. The predicted octanol–water partition coefficient (Wildman–Crippen LogP) is 5.31. The van der Waals surface area contributed by atoms with E-state index in [0.29, 0.717) is 22.5 Å². The molecule has 1 aliphatic heterocycles. The topological polar surface area (TPSA) is 74.8 Å². The normalized spacial score (nSPS) is 13.0. The molecule has 0 spiro atoms. The smallest absolute Gasteiger partial charge is 0.266 e. The van der Waals surface area contributed by atoms with Gasteiger partial charge in [-0.1, -0.05) is 24.3 Å². The fourth-order valence-electron chi connectivity index (χ4n) is 4.58. The van der Waals surface area contributed by atoms with Gasteiger partial charge in [0.05, 0.1) is 22.5 Å². The first-order valence-corrected chi connectivity index (χ1v) is 10.9. The van der Waals surface area contributed by atoms with Gasteiger partial charge in [0.1, 0.15) is 0 Å². The predicted molar refractivity (Wildman–Crippen MR) is 132 cm³/mol. The summed E-state index contributed by atoms with van der Waals surface area (Å²) in [6.45, 7) is 6.72. The molecule has 1 heterocycles. The van der Waals surface area contributed by atoms with Gasteiger partial charge in [0.2, 0.25) is 11.8 Å². The molecule has 0 N–H and O–H groups in total. The molecule has 0 aromatic heterocycles. The van der Waals surface area contributed by atoms with Crippen molar-refractivity contribution >= 4 is 56.5 Å². The molecule has 34 heavy (non-hydrogen) atoms. The number of imide groups is 2. The molecular weight excluding hydrogens is 428 g/mol. The molecule has 1 aliphatic rings. The average molecular weight is 450 g/mol. The molecule has 4 amide bonds. The summed E-state index contributed by atoms with van der Waals surface area (Å²) < 4.78 is 0. The molecule has 0 bridgehead atoms. The van der Waals surface area contributed by atoms with Crippen LogP contribution in [0.5, 0.6) is 0 Å². The molecule has 0 fully saturated rings. The highest BCUT2D eigenvalue weighted by Crippen LogP contribution is 2.34. The molecule has 168 valence electrons. The van der Waals surface area contributed by atoms with Crippen LogP contribution >= 0.6 is 0 Å². The fourth-order valence-corrected chi connectivity index (χ4v) is 4.58.